The van der Waals surface area contributed by atoms with Crippen LogP contribution in [0.25, 0.3) is 0 Å². The van der Waals surface area contributed by atoms with E-state index in [0.29, 0.717) is 48.4 Å². The molecule has 1 aromatic heterocycles. The molecule has 0 aromatic carbocycles. The number of nitrogens with one attached hydrogen (secondary N) is 1. The van der Waals surface area contributed by atoms with Gasteiger partial charge in [-0.3, -0.25) is 4.79 Å². The first-order chi connectivity index (χ1) is 14.7. The molecule has 5 unspecified atom stereocenters. The molecule has 6 nitrogen and oxygen atoms in total. The first-order valence-corrected chi connectivity index (χ1v) is 12.3. The number of aliphatic hydroxyl groups excluding tert-OH is 1. The average Bonchev–Trinajstić information content (AvgIpc) is 3.21. The van der Waals surface area contributed by atoms with Gasteiger partial charge in [-0.25, -0.2) is 4.68 Å². The maximum absolute atomic E-state index is 13.3. The van der Waals surface area contributed by atoms with E-state index in [4.69, 9.17) is 4.74 Å². The molecule has 30 heavy (non-hydrogen) atoms. The van der Waals surface area contributed by atoms with E-state index < -0.39 is 0 Å². The number of carbonyl (C=O) groups is 1. The van der Waals surface area contributed by atoms with Gasteiger partial charge in [0.05, 0.1) is 26.0 Å². The number of aliphatic hydroxyl groups is 1. The fourth-order valence-electron chi connectivity index (χ4n) is 7.05. The second-order valence-electron chi connectivity index (χ2n) is 10.3. The molecule has 6 heteroatoms. The predicted molar refractivity (Wildman–Crippen MR) is 114 cm³/mol. The highest BCUT2D eigenvalue weighted by Gasteiger charge is 2.49. The number of hydrogen-bond donors (Lipinski definition) is 2. The number of hydrogen-bond acceptors (Lipinski definition) is 4. The van der Waals surface area contributed by atoms with Crippen molar-refractivity contribution in [2.45, 2.75) is 83.2 Å². The van der Waals surface area contributed by atoms with Gasteiger partial charge >= 0.3 is 0 Å². The van der Waals surface area contributed by atoms with E-state index in [1.165, 1.54) is 70.6 Å². The monoisotopic (exact) mass is 415 g/mol. The van der Waals surface area contributed by atoms with Gasteiger partial charge < -0.3 is 15.2 Å². The van der Waals surface area contributed by atoms with Gasteiger partial charge in [-0.2, -0.15) is 5.10 Å². The summed E-state index contributed by atoms with van der Waals surface area (Å²) in [5, 5.41) is 17.2. The van der Waals surface area contributed by atoms with Crippen molar-refractivity contribution in [3.05, 3.63) is 11.8 Å². The van der Waals surface area contributed by atoms with Crippen LogP contribution < -0.4 is 10.1 Å². The number of fused-ring (bicyclic) bond motifs is 2. The first-order valence-electron chi connectivity index (χ1n) is 12.3. The zero-order valence-corrected chi connectivity index (χ0v) is 18.1. The molecule has 0 aliphatic heterocycles. The SMILES string of the molecule is O=C(NC1C2CC3CCCC1C(C3)C2)c1cnn(CCO)c1OCC1CCCCC1. The lowest BCUT2D eigenvalue weighted by Gasteiger charge is -2.30. The molecule has 0 radical (unpaired) electrons. The number of rotatable bonds is 7. The molecule has 1 heterocycles. The second kappa shape index (κ2) is 8.89. The highest BCUT2D eigenvalue weighted by Crippen LogP contribution is 2.53. The van der Waals surface area contributed by atoms with Gasteiger partial charge in [0.1, 0.15) is 5.56 Å². The average molecular weight is 416 g/mol. The second-order valence-corrected chi connectivity index (χ2v) is 10.3. The molecule has 4 fully saturated rings. The van der Waals surface area contributed by atoms with Crippen molar-refractivity contribution in [3.8, 4) is 5.88 Å². The Kier molecular flexibility index (Phi) is 6.03. The topological polar surface area (TPSA) is 76.4 Å². The molecule has 0 saturated heterocycles. The van der Waals surface area contributed by atoms with Gasteiger partial charge in [-0.05, 0) is 68.1 Å². The quantitative estimate of drug-likeness (QED) is 0.711. The van der Waals surface area contributed by atoms with Crippen LogP contribution in [0.15, 0.2) is 6.20 Å². The molecular weight excluding hydrogens is 378 g/mol. The Morgan fingerprint density at radius 3 is 2.77 bits per heavy atom. The molecule has 4 aliphatic carbocycles. The fraction of sp³-hybridized carbons (Fsp3) is 0.833. The van der Waals surface area contributed by atoms with Crippen LogP contribution >= 0.6 is 0 Å². The van der Waals surface area contributed by atoms with Crippen LogP contribution in [0.5, 0.6) is 5.88 Å². The van der Waals surface area contributed by atoms with Crippen LogP contribution in [0.2, 0.25) is 0 Å². The van der Waals surface area contributed by atoms with Crippen LogP contribution in [0, 0.1) is 29.6 Å². The molecule has 5 rings (SSSR count). The highest BCUT2D eigenvalue weighted by molar-refractivity contribution is 5.96. The van der Waals surface area contributed by atoms with Crippen LogP contribution in [-0.2, 0) is 6.54 Å². The third kappa shape index (κ3) is 4.00. The Morgan fingerprint density at radius 2 is 1.93 bits per heavy atom. The lowest BCUT2D eigenvalue weighted by molar-refractivity contribution is 0.0900. The standard InChI is InChI=1S/C24H37N3O3/c28-10-9-27-24(30-15-16-5-2-1-3-6-16)21(14-25-27)23(29)26-22-19-12-17-7-4-8-20(22)18(11-17)13-19/h14,16-20,22,28H,1-13,15H2,(H,26,29). The van der Waals surface area contributed by atoms with Crippen molar-refractivity contribution in [1.82, 2.24) is 15.1 Å². The number of ether oxygens (including phenoxy) is 1. The van der Waals surface area contributed by atoms with E-state index in [1.54, 1.807) is 10.9 Å². The van der Waals surface area contributed by atoms with E-state index >= 15 is 0 Å². The fourth-order valence-corrected chi connectivity index (χ4v) is 7.05. The summed E-state index contributed by atoms with van der Waals surface area (Å²) in [6.45, 7) is 0.972. The minimum atomic E-state index is -0.0440. The molecule has 1 aromatic rings. The summed E-state index contributed by atoms with van der Waals surface area (Å²) in [5.74, 6) is 4.02. The number of carbonyl (C=O) groups excluding carboxylic acids is 1. The summed E-state index contributed by atoms with van der Waals surface area (Å²) < 4.78 is 7.84. The van der Waals surface area contributed by atoms with E-state index in [9.17, 15) is 9.90 Å². The lowest BCUT2D eigenvalue weighted by Crippen LogP contribution is -2.42. The Balaban J connectivity index is 1.30. The lowest BCUT2D eigenvalue weighted by atomic mass is 9.79. The highest BCUT2D eigenvalue weighted by atomic mass is 16.5. The summed E-state index contributed by atoms with van der Waals surface area (Å²) >= 11 is 0. The molecule has 4 saturated carbocycles. The third-order valence-electron chi connectivity index (χ3n) is 8.43. The van der Waals surface area contributed by atoms with Crippen molar-refractivity contribution in [2.75, 3.05) is 13.2 Å². The minimum absolute atomic E-state index is 0.0155. The maximum Gasteiger partial charge on any atom is 0.258 e. The van der Waals surface area contributed by atoms with Gasteiger partial charge in [0.2, 0.25) is 5.88 Å². The van der Waals surface area contributed by atoms with Gasteiger partial charge in [-0.15, -0.1) is 0 Å². The van der Waals surface area contributed by atoms with Crippen LogP contribution in [0.3, 0.4) is 0 Å². The van der Waals surface area contributed by atoms with E-state index in [1.807, 2.05) is 0 Å². The van der Waals surface area contributed by atoms with Gasteiger partial charge in [0.15, 0.2) is 0 Å². The zero-order chi connectivity index (χ0) is 20.5. The number of amides is 1. The smallest absolute Gasteiger partial charge is 0.258 e. The summed E-state index contributed by atoms with van der Waals surface area (Å²) in [4.78, 5) is 13.3. The van der Waals surface area contributed by atoms with Crippen molar-refractivity contribution in [1.29, 1.82) is 0 Å². The summed E-state index contributed by atoms with van der Waals surface area (Å²) in [6, 6.07) is 0.306. The van der Waals surface area contributed by atoms with Gasteiger partial charge in [0, 0.05) is 6.04 Å². The Bertz CT molecular complexity index is 742. The molecule has 0 spiro atoms. The van der Waals surface area contributed by atoms with Crippen molar-refractivity contribution >= 4 is 5.91 Å². The number of nitrogens with zero attached hydrogens (tertiary/aromatic N) is 2. The summed E-state index contributed by atoms with van der Waals surface area (Å²) in [5.41, 5.74) is 0.535. The Hall–Kier alpha value is -1.56. The Morgan fingerprint density at radius 1 is 1.10 bits per heavy atom. The first kappa shape index (κ1) is 20.3. The Labute approximate surface area is 179 Å². The predicted octanol–water partition coefficient (Wildman–Crippen LogP) is 3.78. The van der Waals surface area contributed by atoms with Crippen molar-refractivity contribution in [2.24, 2.45) is 29.6 Å². The third-order valence-corrected chi connectivity index (χ3v) is 8.43. The van der Waals surface area contributed by atoms with Crippen LogP contribution in [0.4, 0.5) is 0 Å². The molecule has 4 aliphatic rings. The van der Waals surface area contributed by atoms with E-state index in [0.717, 1.165) is 11.8 Å². The van der Waals surface area contributed by atoms with E-state index in [2.05, 4.69) is 10.4 Å². The minimum Gasteiger partial charge on any atom is -0.477 e. The molecule has 2 N–H and O–H groups in total. The molecule has 166 valence electrons. The molecule has 1 amide bonds. The van der Waals surface area contributed by atoms with Gasteiger partial charge in [-0.1, -0.05) is 32.1 Å². The largest absolute Gasteiger partial charge is 0.477 e. The molecule has 5 atom stereocenters. The van der Waals surface area contributed by atoms with Crippen molar-refractivity contribution < 1.29 is 14.6 Å². The normalized spacial score (nSPS) is 33.4. The van der Waals surface area contributed by atoms with Crippen LogP contribution in [0.1, 0.15) is 81.0 Å². The maximum atomic E-state index is 13.3. The summed E-state index contributed by atoms with van der Waals surface area (Å²) in [7, 11) is 0. The molecule has 3 bridgehead atoms. The summed E-state index contributed by atoms with van der Waals surface area (Å²) in [6.07, 6.45) is 15.8. The van der Waals surface area contributed by atoms with Crippen LogP contribution in [-0.4, -0.2) is 40.0 Å². The van der Waals surface area contributed by atoms with Gasteiger partial charge in [0.25, 0.3) is 5.91 Å². The van der Waals surface area contributed by atoms with E-state index in [-0.39, 0.29) is 12.5 Å². The van der Waals surface area contributed by atoms with Crippen molar-refractivity contribution in [3.63, 3.8) is 0 Å². The number of aromatic nitrogens is 2. The molecular formula is C24H37N3O3. The zero-order valence-electron chi connectivity index (χ0n) is 18.1.